The van der Waals surface area contributed by atoms with Gasteiger partial charge >= 0.3 is 0 Å². The molecule has 0 saturated carbocycles. The Morgan fingerprint density at radius 3 is 2.46 bits per heavy atom. The maximum atomic E-state index is 12.4. The lowest BCUT2D eigenvalue weighted by Crippen LogP contribution is -2.27. The number of rotatable bonds is 6. The molecule has 0 aliphatic heterocycles. The van der Waals surface area contributed by atoms with E-state index in [0.29, 0.717) is 18.7 Å². The Labute approximate surface area is 140 Å². The van der Waals surface area contributed by atoms with Crippen LogP contribution in [-0.2, 0) is 0 Å². The molecule has 3 rings (SSSR count). The molecule has 0 radical (unpaired) electrons. The average molecular weight is 321 g/mol. The number of aliphatic hydroxyl groups is 1. The predicted octanol–water partition coefficient (Wildman–Crippen LogP) is 2.73. The first-order chi connectivity index (χ1) is 11.8. The van der Waals surface area contributed by atoms with Gasteiger partial charge in [0.2, 0.25) is 0 Å². The number of hydrogen-bond acceptors (Lipinski definition) is 3. The van der Waals surface area contributed by atoms with E-state index >= 15 is 0 Å². The highest BCUT2D eigenvalue weighted by Gasteiger charge is 2.13. The summed E-state index contributed by atoms with van der Waals surface area (Å²) in [6.45, 7) is 0.384. The summed E-state index contributed by atoms with van der Waals surface area (Å²) in [6, 6.07) is 19.0. The van der Waals surface area contributed by atoms with Crippen LogP contribution in [0.2, 0.25) is 0 Å². The first-order valence-electron chi connectivity index (χ1n) is 7.84. The van der Waals surface area contributed by atoms with E-state index in [2.05, 4.69) is 10.3 Å². The van der Waals surface area contributed by atoms with Gasteiger partial charge in [0.15, 0.2) is 0 Å². The fourth-order valence-corrected chi connectivity index (χ4v) is 2.51. The lowest BCUT2D eigenvalue weighted by atomic mass is 10.1. The second-order valence-corrected chi connectivity index (χ2v) is 5.46. The first-order valence-corrected chi connectivity index (χ1v) is 7.84. The van der Waals surface area contributed by atoms with Crippen molar-refractivity contribution in [3.05, 3.63) is 84.4 Å². The van der Waals surface area contributed by atoms with Crippen molar-refractivity contribution in [1.82, 2.24) is 14.9 Å². The molecule has 2 aromatic carbocycles. The van der Waals surface area contributed by atoms with Gasteiger partial charge in [-0.2, -0.15) is 0 Å². The summed E-state index contributed by atoms with van der Waals surface area (Å²) in [5.41, 5.74) is 2.20. The Bertz CT molecular complexity index is 785. The van der Waals surface area contributed by atoms with Gasteiger partial charge in [-0.05, 0) is 24.1 Å². The second kappa shape index (κ2) is 7.57. The molecule has 1 aromatic heterocycles. The summed E-state index contributed by atoms with van der Waals surface area (Å²) in [6.07, 6.45) is 3.01. The Morgan fingerprint density at radius 2 is 1.75 bits per heavy atom. The van der Waals surface area contributed by atoms with Crippen LogP contribution in [0, 0.1) is 0 Å². The third-order valence-electron chi connectivity index (χ3n) is 3.79. The smallest absolute Gasteiger partial charge is 0.269 e. The Kier molecular flexibility index (Phi) is 5.03. The number of benzene rings is 2. The molecule has 5 nitrogen and oxygen atoms in total. The molecule has 0 aliphatic rings. The second-order valence-electron chi connectivity index (χ2n) is 5.46. The van der Waals surface area contributed by atoms with Crippen molar-refractivity contribution >= 4 is 5.91 Å². The van der Waals surface area contributed by atoms with Gasteiger partial charge < -0.3 is 10.4 Å². The number of hydrogen-bond donors (Lipinski definition) is 2. The summed E-state index contributed by atoms with van der Waals surface area (Å²) in [5.74, 6) is -0.211. The zero-order valence-electron chi connectivity index (χ0n) is 13.2. The summed E-state index contributed by atoms with van der Waals surface area (Å²) >= 11 is 0. The third kappa shape index (κ3) is 3.70. The van der Waals surface area contributed by atoms with Gasteiger partial charge in [0.25, 0.3) is 5.91 Å². The number of aliphatic hydroxyl groups excluding tert-OH is 1. The fraction of sp³-hybridized carbons (Fsp3) is 0.158. The molecule has 0 bridgehead atoms. The van der Waals surface area contributed by atoms with E-state index in [1.165, 1.54) is 6.20 Å². The van der Waals surface area contributed by atoms with Gasteiger partial charge in [0.1, 0.15) is 5.69 Å². The fourth-order valence-electron chi connectivity index (χ4n) is 2.51. The van der Waals surface area contributed by atoms with Gasteiger partial charge in [-0.15, -0.1) is 0 Å². The van der Waals surface area contributed by atoms with Crippen LogP contribution < -0.4 is 5.32 Å². The minimum absolute atomic E-state index is 0.211. The number of aromatic nitrogens is 2. The summed E-state index contributed by atoms with van der Waals surface area (Å²) in [4.78, 5) is 16.4. The van der Waals surface area contributed by atoms with Crippen LogP contribution in [0.1, 0.15) is 28.6 Å². The van der Waals surface area contributed by atoms with Crippen molar-refractivity contribution < 1.29 is 9.90 Å². The number of carbonyl (C=O) groups excluding carboxylic acids is 1. The molecule has 1 heterocycles. The normalized spacial score (nSPS) is 11.9. The van der Waals surface area contributed by atoms with Crippen LogP contribution >= 0.6 is 0 Å². The molecular weight excluding hydrogens is 302 g/mol. The van der Waals surface area contributed by atoms with E-state index in [1.807, 2.05) is 60.7 Å². The molecule has 122 valence electrons. The number of imidazole rings is 1. The van der Waals surface area contributed by atoms with Crippen LogP contribution in [0.25, 0.3) is 5.69 Å². The molecule has 1 amide bonds. The van der Waals surface area contributed by atoms with Gasteiger partial charge in [-0.3, -0.25) is 9.36 Å². The van der Waals surface area contributed by atoms with Gasteiger partial charge in [-0.25, -0.2) is 4.98 Å². The van der Waals surface area contributed by atoms with E-state index in [9.17, 15) is 9.90 Å². The van der Waals surface area contributed by atoms with Crippen molar-refractivity contribution in [2.75, 3.05) is 6.54 Å². The van der Waals surface area contributed by atoms with Crippen LogP contribution in [0.3, 0.4) is 0 Å². The van der Waals surface area contributed by atoms with E-state index in [1.54, 1.807) is 10.9 Å². The minimum Gasteiger partial charge on any atom is -0.388 e. The number of nitrogens with one attached hydrogen (secondary N) is 1. The molecule has 24 heavy (non-hydrogen) atoms. The quantitative estimate of drug-likeness (QED) is 0.733. The maximum absolute atomic E-state index is 12.4. The Balaban J connectivity index is 1.60. The highest BCUT2D eigenvalue weighted by atomic mass is 16.3. The Hall–Kier alpha value is -2.92. The van der Waals surface area contributed by atoms with Crippen molar-refractivity contribution in [3.8, 4) is 5.69 Å². The van der Waals surface area contributed by atoms with E-state index in [0.717, 1.165) is 11.3 Å². The van der Waals surface area contributed by atoms with Gasteiger partial charge in [0.05, 0.1) is 18.6 Å². The highest BCUT2D eigenvalue weighted by molar-refractivity contribution is 5.92. The molecule has 2 N–H and O–H groups in total. The number of carbonyl (C=O) groups is 1. The number of nitrogens with zero attached hydrogens (tertiary/aromatic N) is 2. The highest BCUT2D eigenvalue weighted by Crippen LogP contribution is 2.15. The molecule has 0 spiro atoms. The van der Waals surface area contributed by atoms with Crippen molar-refractivity contribution in [2.45, 2.75) is 12.5 Å². The monoisotopic (exact) mass is 321 g/mol. The van der Waals surface area contributed by atoms with Crippen molar-refractivity contribution in [2.24, 2.45) is 0 Å². The number of para-hydroxylation sites is 1. The molecule has 1 atom stereocenters. The molecule has 0 saturated heterocycles. The van der Waals surface area contributed by atoms with Crippen molar-refractivity contribution in [3.63, 3.8) is 0 Å². The topological polar surface area (TPSA) is 67.2 Å². The molecule has 3 aromatic rings. The summed E-state index contributed by atoms with van der Waals surface area (Å²) < 4.78 is 1.74. The van der Waals surface area contributed by atoms with Gasteiger partial charge in [-0.1, -0.05) is 48.5 Å². The third-order valence-corrected chi connectivity index (χ3v) is 3.79. The molecule has 5 heteroatoms. The molecular formula is C19H19N3O2. The lowest BCUT2D eigenvalue weighted by molar-refractivity contribution is 0.0936. The standard InChI is InChI=1S/C19H19N3O2/c23-18(15-7-3-1-4-8-15)11-12-21-19(24)17-13-20-14-22(17)16-9-5-2-6-10-16/h1-10,13-14,18,23H,11-12H2,(H,21,24). The lowest BCUT2D eigenvalue weighted by Gasteiger charge is -2.12. The summed E-state index contributed by atoms with van der Waals surface area (Å²) in [7, 11) is 0. The van der Waals surface area contributed by atoms with Crippen LogP contribution in [0.5, 0.6) is 0 Å². The zero-order chi connectivity index (χ0) is 16.8. The number of amides is 1. The SMILES string of the molecule is O=C(NCCC(O)c1ccccc1)c1cncn1-c1ccccc1. The molecule has 0 fully saturated rings. The van der Waals surface area contributed by atoms with E-state index < -0.39 is 6.10 Å². The van der Waals surface area contributed by atoms with Crippen LogP contribution in [-0.4, -0.2) is 27.1 Å². The van der Waals surface area contributed by atoms with E-state index in [4.69, 9.17) is 0 Å². The van der Waals surface area contributed by atoms with E-state index in [-0.39, 0.29) is 5.91 Å². The largest absolute Gasteiger partial charge is 0.388 e. The maximum Gasteiger partial charge on any atom is 0.269 e. The predicted molar refractivity (Wildman–Crippen MR) is 91.9 cm³/mol. The van der Waals surface area contributed by atoms with Crippen molar-refractivity contribution in [1.29, 1.82) is 0 Å². The minimum atomic E-state index is -0.592. The Morgan fingerprint density at radius 1 is 1.08 bits per heavy atom. The summed E-state index contributed by atoms with van der Waals surface area (Å²) in [5, 5.41) is 13.0. The molecule has 1 unspecified atom stereocenters. The van der Waals surface area contributed by atoms with Crippen LogP contribution in [0.4, 0.5) is 0 Å². The average Bonchev–Trinajstić information content (AvgIpc) is 3.13. The zero-order valence-corrected chi connectivity index (χ0v) is 13.2. The molecule has 0 aliphatic carbocycles. The first kappa shape index (κ1) is 16.0. The van der Waals surface area contributed by atoms with Crippen LogP contribution in [0.15, 0.2) is 73.2 Å². The van der Waals surface area contributed by atoms with Gasteiger partial charge in [0, 0.05) is 12.2 Å².